The van der Waals surface area contributed by atoms with Crippen LogP contribution >= 0.6 is 0 Å². The van der Waals surface area contributed by atoms with Crippen molar-refractivity contribution in [1.29, 1.82) is 0 Å². The minimum atomic E-state index is -4.41. The number of para-hydroxylation sites is 1. The highest BCUT2D eigenvalue weighted by Gasteiger charge is 2.31. The van der Waals surface area contributed by atoms with Gasteiger partial charge in [-0.15, -0.1) is 0 Å². The fraction of sp³-hybridized carbons (Fsp3) is 0.267. The van der Waals surface area contributed by atoms with Gasteiger partial charge in [0, 0.05) is 18.8 Å². The van der Waals surface area contributed by atoms with Crippen molar-refractivity contribution in [1.82, 2.24) is 4.98 Å². The van der Waals surface area contributed by atoms with Crippen LogP contribution in [0.4, 0.5) is 18.9 Å². The normalized spacial score (nSPS) is 14.2. The van der Waals surface area contributed by atoms with E-state index in [0.29, 0.717) is 5.75 Å². The maximum absolute atomic E-state index is 12.7. The fourth-order valence-electron chi connectivity index (χ4n) is 2.32. The number of hydrogen-bond donors (Lipinski definition) is 1. The molecule has 0 aliphatic carbocycles. The lowest BCUT2D eigenvalue weighted by molar-refractivity contribution is -0.137. The molecule has 0 fully saturated rings. The highest BCUT2D eigenvalue weighted by molar-refractivity contribution is 5.64. The maximum atomic E-state index is 12.7. The second-order valence-electron chi connectivity index (χ2n) is 4.80. The number of fused-ring (bicyclic) bond motifs is 1. The number of nitrogens with zero attached hydrogens (tertiary/aromatic N) is 1. The Labute approximate surface area is 119 Å². The van der Waals surface area contributed by atoms with Crippen LogP contribution in [-0.4, -0.2) is 11.5 Å². The zero-order valence-electron chi connectivity index (χ0n) is 11.1. The Kier molecular flexibility index (Phi) is 3.45. The Morgan fingerprint density at radius 1 is 1.19 bits per heavy atom. The lowest BCUT2D eigenvalue weighted by atomic mass is 10.0. The minimum absolute atomic E-state index is 0.0643. The quantitative estimate of drug-likeness (QED) is 0.899. The summed E-state index contributed by atoms with van der Waals surface area (Å²) in [5.41, 5.74) is 1.17. The molecule has 3 nitrogen and oxygen atoms in total. The van der Waals surface area contributed by atoms with E-state index in [4.69, 9.17) is 4.74 Å². The number of rotatable bonds is 2. The van der Waals surface area contributed by atoms with Gasteiger partial charge >= 0.3 is 6.18 Å². The molecule has 2 aromatic rings. The lowest BCUT2D eigenvalue weighted by Gasteiger charge is -2.20. The molecular weight excluding hydrogens is 281 g/mol. The van der Waals surface area contributed by atoms with E-state index in [1.807, 2.05) is 12.1 Å². The van der Waals surface area contributed by atoms with Crippen LogP contribution in [0.15, 0.2) is 36.5 Å². The van der Waals surface area contributed by atoms with Gasteiger partial charge in [0.2, 0.25) is 5.88 Å². The van der Waals surface area contributed by atoms with Crippen LogP contribution in [0.3, 0.4) is 0 Å². The van der Waals surface area contributed by atoms with Gasteiger partial charge in [-0.25, -0.2) is 4.98 Å². The van der Waals surface area contributed by atoms with Crippen molar-refractivity contribution < 1.29 is 17.9 Å². The van der Waals surface area contributed by atoms with Crippen molar-refractivity contribution in [2.45, 2.75) is 19.0 Å². The van der Waals surface area contributed by atoms with E-state index >= 15 is 0 Å². The number of alkyl halides is 3. The number of benzene rings is 1. The van der Waals surface area contributed by atoms with Crippen molar-refractivity contribution in [2.75, 3.05) is 11.9 Å². The van der Waals surface area contributed by atoms with Crippen LogP contribution in [-0.2, 0) is 12.6 Å². The molecule has 0 saturated carbocycles. The average molecular weight is 294 g/mol. The van der Waals surface area contributed by atoms with Gasteiger partial charge < -0.3 is 10.1 Å². The number of halogens is 3. The largest absolute Gasteiger partial charge is 0.437 e. The second-order valence-corrected chi connectivity index (χ2v) is 4.80. The summed E-state index contributed by atoms with van der Waals surface area (Å²) in [6.07, 6.45) is -1.36. The van der Waals surface area contributed by atoms with E-state index in [0.717, 1.165) is 49.0 Å². The minimum Gasteiger partial charge on any atom is -0.437 e. The van der Waals surface area contributed by atoms with Crippen LogP contribution in [0.1, 0.15) is 17.5 Å². The van der Waals surface area contributed by atoms with Crippen LogP contribution in [0.5, 0.6) is 11.6 Å². The van der Waals surface area contributed by atoms with Crippen molar-refractivity contribution in [2.24, 2.45) is 0 Å². The lowest BCUT2D eigenvalue weighted by Crippen LogP contribution is -2.12. The average Bonchev–Trinajstić information content (AvgIpc) is 2.47. The molecule has 0 bridgehead atoms. The molecule has 21 heavy (non-hydrogen) atoms. The Morgan fingerprint density at radius 3 is 2.86 bits per heavy atom. The summed E-state index contributed by atoms with van der Waals surface area (Å²) in [6.45, 7) is 0.823. The second kappa shape index (κ2) is 5.27. The highest BCUT2D eigenvalue weighted by Crippen LogP contribution is 2.36. The molecule has 0 saturated heterocycles. The third-order valence-electron chi connectivity index (χ3n) is 3.31. The first kappa shape index (κ1) is 13.7. The van der Waals surface area contributed by atoms with E-state index in [9.17, 15) is 13.2 Å². The summed E-state index contributed by atoms with van der Waals surface area (Å²) in [5.74, 6) is 0.435. The van der Waals surface area contributed by atoms with Crippen LogP contribution in [0.25, 0.3) is 0 Å². The molecule has 0 spiro atoms. The number of aryl methyl sites for hydroxylation is 1. The summed E-state index contributed by atoms with van der Waals surface area (Å²) in [4.78, 5) is 3.85. The third kappa shape index (κ3) is 2.94. The first-order valence-electron chi connectivity index (χ1n) is 6.61. The Hall–Kier alpha value is -2.24. The molecule has 2 heterocycles. The molecule has 1 aliphatic heterocycles. The monoisotopic (exact) mass is 294 g/mol. The Morgan fingerprint density at radius 2 is 2.05 bits per heavy atom. The number of ether oxygens (including phenoxy) is 1. The first-order chi connectivity index (χ1) is 10.0. The number of hydrogen-bond acceptors (Lipinski definition) is 3. The van der Waals surface area contributed by atoms with Gasteiger partial charge in [-0.1, -0.05) is 12.1 Å². The SMILES string of the molecule is FC(F)(F)c1ccnc(Oc2cccc3c2NCCC3)c1. The van der Waals surface area contributed by atoms with Crippen molar-refractivity contribution >= 4 is 5.69 Å². The predicted molar refractivity (Wildman–Crippen MR) is 72.6 cm³/mol. The molecule has 1 aromatic heterocycles. The van der Waals surface area contributed by atoms with E-state index in [2.05, 4.69) is 10.3 Å². The zero-order chi connectivity index (χ0) is 14.9. The topological polar surface area (TPSA) is 34.1 Å². The fourth-order valence-corrected chi connectivity index (χ4v) is 2.32. The summed E-state index contributed by atoms with van der Waals surface area (Å²) in [7, 11) is 0. The van der Waals surface area contributed by atoms with Crippen LogP contribution in [0, 0.1) is 0 Å². The number of anilines is 1. The number of aromatic nitrogens is 1. The smallest absolute Gasteiger partial charge is 0.416 e. The predicted octanol–water partition coefficient (Wildman–Crippen LogP) is 4.25. The molecule has 110 valence electrons. The summed E-state index contributed by atoms with van der Waals surface area (Å²) in [5, 5.41) is 3.22. The maximum Gasteiger partial charge on any atom is 0.416 e. The van der Waals surface area contributed by atoms with E-state index < -0.39 is 11.7 Å². The molecule has 3 rings (SSSR count). The highest BCUT2D eigenvalue weighted by atomic mass is 19.4. The van der Waals surface area contributed by atoms with Crippen LogP contribution in [0.2, 0.25) is 0 Å². The van der Waals surface area contributed by atoms with Gasteiger partial charge in [0.15, 0.2) is 5.75 Å². The summed E-state index contributed by atoms with van der Waals surface area (Å²) < 4.78 is 43.6. The van der Waals surface area contributed by atoms with E-state index in [1.165, 1.54) is 0 Å². The number of nitrogens with one attached hydrogen (secondary N) is 1. The van der Waals surface area contributed by atoms with Gasteiger partial charge in [-0.05, 0) is 30.5 Å². The number of pyridine rings is 1. The van der Waals surface area contributed by atoms with Crippen LogP contribution < -0.4 is 10.1 Å². The van der Waals surface area contributed by atoms with Gasteiger partial charge in [0.05, 0.1) is 11.3 Å². The third-order valence-corrected chi connectivity index (χ3v) is 3.31. The van der Waals surface area contributed by atoms with E-state index in [1.54, 1.807) is 6.07 Å². The molecule has 0 atom stereocenters. The standard InChI is InChI=1S/C15H13F3N2O/c16-15(17,18)11-6-8-19-13(9-11)21-12-5-1-3-10-4-2-7-20-14(10)12/h1,3,5-6,8-9,20H,2,4,7H2. The van der Waals surface area contributed by atoms with E-state index in [-0.39, 0.29) is 5.88 Å². The molecule has 0 amide bonds. The van der Waals surface area contributed by atoms with Gasteiger partial charge in [-0.2, -0.15) is 13.2 Å². The molecule has 1 aliphatic rings. The molecule has 1 N–H and O–H groups in total. The zero-order valence-corrected chi connectivity index (χ0v) is 11.1. The Balaban J connectivity index is 1.91. The molecule has 0 radical (unpaired) electrons. The van der Waals surface area contributed by atoms with Crippen molar-refractivity contribution in [3.63, 3.8) is 0 Å². The van der Waals surface area contributed by atoms with Gasteiger partial charge in [0.1, 0.15) is 0 Å². The van der Waals surface area contributed by atoms with Gasteiger partial charge in [-0.3, -0.25) is 0 Å². The molecule has 0 unspecified atom stereocenters. The van der Waals surface area contributed by atoms with Crippen molar-refractivity contribution in [3.8, 4) is 11.6 Å². The summed E-state index contributed by atoms with van der Waals surface area (Å²) in [6, 6.07) is 7.36. The molecule has 6 heteroatoms. The molecule has 1 aromatic carbocycles. The van der Waals surface area contributed by atoms with Crippen molar-refractivity contribution in [3.05, 3.63) is 47.7 Å². The Bertz CT molecular complexity index is 656. The molecular formula is C15H13F3N2O. The van der Waals surface area contributed by atoms with Gasteiger partial charge in [0.25, 0.3) is 0 Å². The summed E-state index contributed by atoms with van der Waals surface area (Å²) >= 11 is 0. The first-order valence-corrected chi connectivity index (χ1v) is 6.61.